The molecule has 1 saturated carbocycles. The van der Waals surface area contributed by atoms with E-state index in [2.05, 4.69) is 43.1 Å². The van der Waals surface area contributed by atoms with Crippen molar-refractivity contribution in [2.75, 3.05) is 7.05 Å². The van der Waals surface area contributed by atoms with Crippen LogP contribution in [0.4, 0.5) is 0 Å². The molecule has 0 bridgehead atoms. The zero-order chi connectivity index (χ0) is 14.6. The van der Waals surface area contributed by atoms with Gasteiger partial charge in [-0.2, -0.15) is 0 Å². The summed E-state index contributed by atoms with van der Waals surface area (Å²) in [6.45, 7) is 2.92. The number of hydrogen-bond acceptors (Lipinski definition) is 2. The van der Waals surface area contributed by atoms with E-state index < -0.39 is 5.97 Å². The number of nitrogens with zero attached hydrogens (tertiary/aromatic N) is 1. The first-order valence-electron chi connectivity index (χ1n) is 7.50. The SMILES string of the molecule is Cc1cccc(CN(C)C2(CC(=O)O)CCCCC2)c1. The number of aliphatic carboxylic acids is 1. The lowest BCUT2D eigenvalue weighted by Gasteiger charge is -2.44. The monoisotopic (exact) mass is 275 g/mol. The van der Waals surface area contributed by atoms with Crippen molar-refractivity contribution in [2.45, 2.75) is 57.5 Å². The van der Waals surface area contributed by atoms with Crippen molar-refractivity contribution < 1.29 is 9.90 Å². The van der Waals surface area contributed by atoms with Gasteiger partial charge in [0.1, 0.15) is 0 Å². The van der Waals surface area contributed by atoms with Crippen molar-refractivity contribution in [3.8, 4) is 0 Å². The number of carbonyl (C=O) groups is 1. The third-order valence-electron chi connectivity index (χ3n) is 4.58. The first-order valence-corrected chi connectivity index (χ1v) is 7.50. The van der Waals surface area contributed by atoms with Crippen molar-refractivity contribution in [3.05, 3.63) is 35.4 Å². The van der Waals surface area contributed by atoms with Gasteiger partial charge < -0.3 is 5.11 Å². The van der Waals surface area contributed by atoms with Crippen LogP contribution in [-0.4, -0.2) is 28.6 Å². The molecule has 3 heteroatoms. The third-order valence-corrected chi connectivity index (χ3v) is 4.58. The average Bonchev–Trinajstić information content (AvgIpc) is 2.39. The maximum atomic E-state index is 11.3. The Bertz CT molecular complexity index is 464. The molecule has 0 amide bonds. The fraction of sp³-hybridized carbons (Fsp3) is 0.588. The Morgan fingerprint density at radius 1 is 1.30 bits per heavy atom. The normalized spacial score (nSPS) is 18.1. The Hall–Kier alpha value is -1.35. The van der Waals surface area contributed by atoms with E-state index in [4.69, 9.17) is 0 Å². The van der Waals surface area contributed by atoms with E-state index in [1.54, 1.807) is 0 Å². The molecule has 0 atom stereocenters. The summed E-state index contributed by atoms with van der Waals surface area (Å²) in [6.07, 6.45) is 5.79. The zero-order valence-corrected chi connectivity index (χ0v) is 12.6. The predicted octanol–water partition coefficient (Wildman–Crippen LogP) is 3.60. The standard InChI is InChI=1S/C17H25NO2/c1-14-7-6-8-15(11-14)13-18(2)17(12-16(19)20)9-4-3-5-10-17/h6-8,11H,3-5,9-10,12-13H2,1-2H3,(H,19,20). The minimum atomic E-state index is -0.678. The maximum Gasteiger partial charge on any atom is 0.305 e. The lowest BCUT2D eigenvalue weighted by Crippen LogP contribution is -2.49. The summed E-state index contributed by atoms with van der Waals surface area (Å²) in [5.41, 5.74) is 2.36. The second-order valence-electron chi connectivity index (χ2n) is 6.20. The summed E-state index contributed by atoms with van der Waals surface area (Å²) in [7, 11) is 2.08. The van der Waals surface area contributed by atoms with Crippen LogP contribution in [-0.2, 0) is 11.3 Å². The number of aryl methyl sites for hydroxylation is 1. The van der Waals surface area contributed by atoms with Gasteiger partial charge >= 0.3 is 5.97 Å². The van der Waals surface area contributed by atoms with Crippen molar-refractivity contribution in [3.63, 3.8) is 0 Å². The van der Waals surface area contributed by atoms with Gasteiger partial charge in [0.2, 0.25) is 0 Å². The van der Waals surface area contributed by atoms with Gasteiger partial charge in [-0.25, -0.2) is 0 Å². The average molecular weight is 275 g/mol. The molecule has 1 aliphatic rings. The number of benzene rings is 1. The largest absolute Gasteiger partial charge is 0.481 e. The highest BCUT2D eigenvalue weighted by Crippen LogP contribution is 2.36. The fourth-order valence-corrected chi connectivity index (χ4v) is 3.44. The topological polar surface area (TPSA) is 40.5 Å². The number of hydrogen-bond donors (Lipinski definition) is 1. The molecular formula is C17H25NO2. The molecule has 0 aliphatic heterocycles. The summed E-state index contributed by atoms with van der Waals surface area (Å²) >= 11 is 0. The van der Waals surface area contributed by atoms with Crippen LogP contribution in [0.2, 0.25) is 0 Å². The van der Waals surface area contributed by atoms with Crippen LogP contribution in [0.5, 0.6) is 0 Å². The van der Waals surface area contributed by atoms with Crippen molar-refractivity contribution in [1.29, 1.82) is 0 Å². The summed E-state index contributed by atoms with van der Waals surface area (Å²) in [6, 6.07) is 8.48. The molecule has 3 nitrogen and oxygen atoms in total. The van der Waals surface area contributed by atoms with E-state index in [1.165, 1.54) is 17.5 Å². The predicted molar refractivity (Wildman–Crippen MR) is 80.7 cm³/mol. The van der Waals surface area contributed by atoms with Gasteiger partial charge in [0.25, 0.3) is 0 Å². The highest BCUT2D eigenvalue weighted by atomic mass is 16.4. The quantitative estimate of drug-likeness (QED) is 0.892. The molecule has 20 heavy (non-hydrogen) atoms. The van der Waals surface area contributed by atoms with Crippen LogP contribution in [0.25, 0.3) is 0 Å². The van der Waals surface area contributed by atoms with E-state index in [0.717, 1.165) is 32.2 Å². The van der Waals surface area contributed by atoms with Crippen LogP contribution in [0, 0.1) is 6.92 Å². The highest BCUT2D eigenvalue weighted by Gasteiger charge is 2.37. The number of rotatable bonds is 5. The van der Waals surface area contributed by atoms with Crippen molar-refractivity contribution in [1.82, 2.24) is 4.90 Å². The van der Waals surface area contributed by atoms with E-state index >= 15 is 0 Å². The Balaban J connectivity index is 2.13. The molecule has 1 aromatic carbocycles. The van der Waals surface area contributed by atoms with Crippen LogP contribution in [0.1, 0.15) is 49.7 Å². The van der Waals surface area contributed by atoms with E-state index in [1.807, 2.05) is 0 Å². The first kappa shape index (κ1) is 15.0. The molecule has 0 unspecified atom stereocenters. The van der Waals surface area contributed by atoms with E-state index in [9.17, 15) is 9.90 Å². The van der Waals surface area contributed by atoms with Gasteiger partial charge in [-0.3, -0.25) is 9.69 Å². The van der Waals surface area contributed by atoms with Crippen LogP contribution in [0.3, 0.4) is 0 Å². The molecule has 0 spiro atoms. The molecule has 1 fully saturated rings. The third kappa shape index (κ3) is 3.60. The summed E-state index contributed by atoms with van der Waals surface area (Å²) < 4.78 is 0. The fourth-order valence-electron chi connectivity index (χ4n) is 3.44. The highest BCUT2D eigenvalue weighted by molar-refractivity contribution is 5.68. The first-order chi connectivity index (χ1) is 9.52. The van der Waals surface area contributed by atoms with Crippen LogP contribution >= 0.6 is 0 Å². The second kappa shape index (κ2) is 6.40. The van der Waals surface area contributed by atoms with E-state index in [-0.39, 0.29) is 12.0 Å². The lowest BCUT2D eigenvalue weighted by molar-refractivity contribution is -0.141. The molecule has 2 rings (SSSR count). The number of carboxylic acid groups (broad SMARTS) is 1. The van der Waals surface area contributed by atoms with Gasteiger partial charge in [0.15, 0.2) is 0 Å². The molecule has 0 heterocycles. The van der Waals surface area contributed by atoms with E-state index in [0.29, 0.717) is 0 Å². The minimum Gasteiger partial charge on any atom is -0.481 e. The van der Waals surface area contributed by atoms with Gasteiger partial charge in [0, 0.05) is 12.1 Å². The molecule has 0 aromatic heterocycles. The molecule has 1 aliphatic carbocycles. The Morgan fingerprint density at radius 3 is 2.60 bits per heavy atom. The molecular weight excluding hydrogens is 250 g/mol. The second-order valence-corrected chi connectivity index (χ2v) is 6.20. The summed E-state index contributed by atoms with van der Waals surface area (Å²) in [5.74, 6) is -0.678. The Morgan fingerprint density at radius 2 is 2.00 bits per heavy atom. The number of carboxylic acids is 1. The summed E-state index contributed by atoms with van der Waals surface area (Å²) in [5, 5.41) is 9.26. The van der Waals surface area contributed by atoms with Crippen LogP contribution < -0.4 is 0 Å². The van der Waals surface area contributed by atoms with Crippen molar-refractivity contribution >= 4 is 5.97 Å². The minimum absolute atomic E-state index is 0.159. The maximum absolute atomic E-state index is 11.3. The summed E-state index contributed by atoms with van der Waals surface area (Å²) in [4.78, 5) is 13.5. The smallest absolute Gasteiger partial charge is 0.305 e. The molecule has 110 valence electrons. The van der Waals surface area contributed by atoms with Gasteiger partial charge in [0.05, 0.1) is 6.42 Å². The molecule has 0 saturated heterocycles. The Kier molecular flexibility index (Phi) is 4.81. The lowest BCUT2D eigenvalue weighted by atomic mass is 9.78. The molecule has 0 radical (unpaired) electrons. The zero-order valence-electron chi connectivity index (χ0n) is 12.6. The molecule has 1 aromatic rings. The van der Waals surface area contributed by atoms with Crippen molar-refractivity contribution in [2.24, 2.45) is 0 Å². The molecule has 1 N–H and O–H groups in total. The van der Waals surface area contributed by atoms with Gasteiger partial charge in [-0.05, 0) is 32.4 Å². The van der Waals surface area contributed by atoms with Crippen LogP contribution in [0.15, 0.2) is 24.3 Å². The van der Waals surface area contributed by atoms with Gasteiger partial charge in [-0.1, -0.05) is 49.1 Å². The van der Waals surface area contributed by atoms with Gasteiger partial charge in [-0.15, -0.1) is 0 Å². The Labute approximate surface area is 121 Å².